The Morgan fingerprint density at radius 1 is 1.22 bits per heavy atom. The van der Waals surface area contributed by atoms with Crippen LogP contribution in [0.2, 0.25) is 0 Å². The summed E-state index contributed by atoms with van der Waals surface area (Å²) in [7, 11) is 0. The smallest absolute Gasteiger partial charge is 0.220 e. The van der Waals surface area contributed by atoms with E-state index in [2.05, 4.69) is 18.3 Å². The van der Waals surface area contributed by atoms with E-state index in [1.54, 1.807) is 12.1 Å². The molecule has 0 aliphatic rings. The number of nitriles is 1. The van der Waals surface area contributed by atoms with E-state index in [0.29, 0.717) is 18.5 Å². The summed E-state index contributed by atoms with van der Waals surface area (Å²) in [6.07, 6.45) is 5.08. The van der Waals surface area contributed by atoms with Crippen molar-refractivity contribution in [3.05, 3.63) is 35.4 Å². The maximum atomic E-state index is 11.5. The summed E-state index contributed by atoms with van der Waals surface area (Å²) < 4.78 is 0. The van der Waals surface area contributed by atoms with Crippen LogP contribution in [-0.2, 0) is 11.3 Å². The Morgan fingerprint density at radius 2 is 1.94 bits per heavy atom. The number of benzene rings is 1. The van der Waals surface area contributed by atoms with Crippen molar-refractivity contribution in [1.82, 2.24) is 5.32 Å². The van der Waals surface area contributed by atoms with Crippen LogP contribution in [0.3, 0.4) is 0 Å². The van der Waals surface area contributed by atoms with Gasteiger partial charge in [-0.15, -0.1) is 0 Å². The zero-order valence-electron chi connectivity index (χ0n) is 10.9. The molecule has 0 saturated heterocycles. The highest BCUT2D eigenvalue weighted by Gasteiger charge is 2.01. The van der Waals surface area contributed by atoms with Crippen LogP contribution < -0.4 is 5.32 Å². The number of rotatable bonds is 7. The highest BCUT2D eigenvalue weighted by Crippen LogP contribution is 2.04. The average Bonchev–Trinajstić information content (AvgIpc) is 2.42. The van der Waals surface area contributed by atoms with Crippen molar-refractivity contribution in [1.29, 1.82) is 5.26 Å². The lowest BCUT2D eigenvalue weighted by Gasteiger charge is -2.05. The Hall–Kier alpha value is -1.82. The van der Waals surface area contributed by atoms with Crippen molar-refractivity contribution in [2.75, 3.05) is 0 Å². The fraction of sp³-hybridized carbons (Fsp3) is 0.467. The third-order valence-corrected chi connectivity index (χ3v) is 2.83. The van der Waals surface area contributed by atoms with Crippen LogP contribution in [-0.4, -0.2) is 5.91 Å². The molecule has 18 heavy (non-hydrogen) atoms. The molecule has 0 unspecified atom stereocenters. The molecule has 0 atom stereocenters. The molecule has 1 N–H and O–H groups in total. The predicted octanol–water partition coefficient (Wildman–Crippen LogP) is 3.14. The lowest BCUT2D eigenvalue weighted by atomic mass is 10.1. The summed E-state index contributed by atoms with van der Waals surface area (Å²) in [5.41, 5.74) is 1.67. The van der Waals surface area contributed by atoms with Gasteiger partial charge in [0.1, 0.15) is 0 Å². The van der Waals surface area contributed by atoms with Crippen molar-refractivity contribution in [3.63, 3.8) is 0 Å². The van der Waals surface area contributed by atoms with Gasteiger partial charge in [0.2, 0.25) is 5.91 Å². The molecule has 3 heteroatoms. The number of unbranched alkanes of at least 4 members (excludes halogenated alkanes) is 3. The largest absolute Gasteiger partial charge is 0.352 e. The highest BCUT2D eigenvalue weighted by molar-refractivity contribution is 5.75. The molecule has 0 heterocycles. The first-order valence-electron chi connectivity index (χ1n) is 6.52. The van der Waals surface area contributed by atoms with E-state index in [-0.39, 0.29) is 5.91 Å². The van der Waals surface area contributed by atoms with E-state index in [9.17, 15) is 4.79 Å². The van der Waals surface area contributed by atoms with Crippen LogP contribution in [0.4, 0.5) is 0 Å². The van der Waals surface area contributed by atoms with Crippen molar-refractivity contribution >= 4 is 5.91 Å². The first-order valence-corrected chi connectivity index (χ1v) is 6.52. The molecular weight excluding hydrogens is 224 g/mol. The Kier molecular flexibility index (Phi) is 6.56. The van der Waals surface area contributed by atoms with Gasteiger partial charge in [-0.25, -0.2) is 0 Å². The monoisotopic (exact) mass is 244 g/mol. The van der Waals surface area contributed by atoms with Crippen LogP contribution in [0, 0.1) is 11.3 Å². The summed E-state index contributed by atoms with van der Waals surface area (Å²) in [4.78, 5) is 11.5. The van der Waals surface area contributed by atoms with Crippen molar-refractivity contribution < 1.29 is 4.79 Å². The lowest BCUT2D eigenvalue weighted by Crippen LogP contribution is -2.22. The van der Waals surface area contributed by atoms with Gasteiger partial charge in [0.05, 0.1) is 11.6 Å². The van der Waals surface area contributed by atoms with E-state index < -0.39 is 0 Å². The number of hydrogen-bond donors (Lipinski definition) is 1. The molecule has 0 spiro atoms. The highest BCUT2D eigenvalue weighted by atomic mass is 16.1. The van der Waals surface area contributed by atoms with Crippen molar-refractivity contribution in [3.8, 4) is 6.07 Å². The van der Waals surface area contributed by atoms with Crippen molar-refractivity contribution in [2.24, 2.45) is 0 Å². The second-order valence-electron chi connectivity index (χ2n) is 4.40. The Morgan fingerprint density at radius 3 is 2.56 bits per heavy atom. The first kappa shape index (κ1) is 14.2. The molecule has 1 amide bonds. The van der Waals surface area contributed by atoms with Crippen LogP contribution in [0.1, 0.15) is 50.2 Å². The molecule has 0 fully saturated rings. The fourth-order valence-corrected chi connectivity index (χ4v) is 1.70. The third-order valence-electron chi connectivity index (χ3n) is 2.83. The van der Waals surface area contributed by atoms with Gasteiger partial charge in [-0.05, 0) is 24.1 Å². The second kappa shape index (κ2) is 8.30. The van der Waals surface area contributed by atoms with E-state index in [4.69, 9.17) is 5.26 Å². The maximum absolute atomic E-state index is 11.5. The van der Waals surface area contributed by atoms with Gasteiger partial charge >= 0.3 is 0 Å². The minimum Gasteiger partial charge on any atom is -0.352 e. The Bertz CT molecular complexity index is 403. The second-order valence-corrected chi connectivity index (χ2v) is 4.40. The van der Waals surface area contributed by atoms with Gasteiger partial charge in [0.25, 0.3) is 0 Å². The van der Waals surface area contributed by atoms with Crippen LogP contribution >= 0.6 is 0 Å². The normalized spacial score (nSPS) is 9.78. The van der Waals surface area contributed by atoms with Crippen LogP contribution in [0.5, 0.6) is 0 Å². The Balaban J connectivity index is 2.23. The van der Waals surface area contributed by atoms with Gasteiger partial charge < -0.3 is 5.32 Å². The molecule has 96 valence electrons. The minimum absolute atomic E-state index is 0.107. The van der Waals surface area contributed by atoms with Gasteiger partial charge in [-0.2, -0.15) is 5.26 Å². The average molecular weight is 244 g/mol. The van der Waals surface area contributed by atoms with Gasteiger partial charge in [0, 0.05) is 13.0 Å². The molecule has 0 aromatic heterocycles. The number of nitrogens with zero attached hydrogens (tertiary/aromatic N) is 1. The lowest BCUT2D eigenvalue weighted by molar-refractivity contribution is -0.121. The number of carbonyl (C=O) groups excluding carboxylic acids is 1. The minimum atomic E-state index is 0.107. The molecule has 0 aliphatic heterocycles. The van der Waals surface area contributed by atoms with Crippen LogP contribution in [0.25, 0.3) is 0 Å². The molecule has 0 aliphatic carbocycles. The fourth-order valence-electron chi connectivity index (χ4n) is 1.70. The third kappa shape index (κ3) is 5.49. The van der Waals surface area contributed by atoms with Crippen molar-refractivity contribution in [2.45, 2.75) is 45.6 Å². The van der Waals surface area contributed by atoms with E-state index >= 15 is 0 Å². The zero-order chi connectivity index (χ0) is 13.2. The molecular formula is C15H20N2O. The standard InChI is InChI=1S/C15H20N2O/c1-2-3-4-5-6-15(18)17-12-14-9-7-13(11-16)8-10-14/h7-10H,2-6,12H2,1H3,(H,17,18). The molecule has 0 saturated carbocycles. The van der Waals surface area contributed by atoms with Gasteiger partial charge in [-0.1, -0.05) is 38.3 Å². The Labute approximate surface area is 109 Å². The van der Waals surface area contributed by atoms with E-state index in [1.165, 1.54) is 12.8 Å². The first-order chi connectivity index (χ1) is 8.76. The number of carbonyl (C=O) groups is 1. The van der Waals surface area contributed by atoms with Crippen LogP contribution in [0.15, 0.2) is 24.3 Å². The van der Waals surface area contributed by atoms with Gasteiger partial charge in [0.15, 0.2) is 0 Å². The predicted molar refractivity (Wildman–Crippen MR) is 71.8 cm³/mol. The summed E-state index contributed by atoms with van der Waals surface area (Å²) in [6.45, 7) is 2.70. The molecule has 1 aromatic rings. The quantitative estimate of drug-likeness (QED) is 0.749. The molecule has 1 aromatic carbocycles. The summed E-state index contributed by atoms with van der Waals surface area (Å²) in [5, 5.41) is 11.6. The maximum Gasteiger partial charge on any atom is 0.220 e. The zero-order valence-corrected chi connectivity index (χ0v) is 10.9. The number of amides is 1. The van der Waals surface area contributed by atoms with E-state index in [1.807, 2.05) is 12.1 Å². The topological polar surface area (TPSA) is 52.9 Å². The summed E-state index contributed by atoms with van der Waals surface area (Å²) in [6, 6.07) is 9.35. The number of nitrogens with one attached hydrogen (secondary N) is 1. The summed E-state index contributed by atoms with van der Waals surface area (Å²) >= 11 is 0. The number of hydrogen-bond acceptors (Lipinski definition) is 2. The van der Waals surface area contributed by atoms with E-state index in [0.717, 1.165) is 18.4 Å². The molecule has 3 nitrogen and oxygen atoms in total. The molecule has 0 radical (unpaired) electrons. The molecule has 0 bridgehead atoms. The van der Waals surface area contributed by atoms with Gasteiger partial charge in [-0.3, -0.25) is 4.79 Å². The summed E-state index contributed by atoms with van der Waals surface area (Å²) in [5.74, 6) is 0.107. The SMILES string of the molecule is CCCCCCC(=O)NCc1ccc(C#N)cc1. The molecule has 1 rings (SSSR count).